The van der Waals surface area contributed by atoms with Crippen LogP contribution in [0.5, 0.6) is 0 Å². The van der Waals surface area contributed by atoms with Crippen LogP contribution in [0.2, 0.25) is 0 Å². The highest BCUT2D eigenvalue weighted by molar-refractivity contribution is 7.07. The lowest BCUT2D eigenvalue weighted by molar-refractivity contribution is 0.0971. The molecule has 6 heteroatoms. The van der Waals surface area contributed by atoms with Gasteiger partial charge in [0, 0.05) is 19.1 Å². The van der Waals surface area contributed by atoms with Gasteiger partial charge < -0.3 is 20.6 Å². The van der Waals surface area contributed by atoms with Crippen molar-refractivity contribution in [3.8, 4) is 0 Å². The Hall–Kier alpha value is -1.11. The van der Waals surface area contributed by atoms with Crippen LogP contribution in [0, 0.1) is 5.92 Å². The van der Waals surface area contributed by atoms with E-state index in [2.05, 4.69) is 46.5 Å². The molecule has 0 aliphatic heterocycles. The Morgan fingerprint density at radius 1 is 1.33 bits per heavy atom. The Bertz CT molecular complexity index is 471. The first kappa shape index (κ1) is 19.2. The molecule has 0 bridgehead atoms. The first-order chi connectivity index (χ1) is 11.5. The van der Waals surface area contributed by atoms with E-state index >= 15 is 0 Å². The van der Waals surface area contributed by atoms with Crippen LogP contribution in [0.3, 0.4) is 0 Å². The van der Waals surface area contributed by atoms with E-state index in [9.17, 15) is 9.90 Å². The highest BCUT2D eigenvalue weighted by atomic mass is 32.1. The number of urea groups is 1. The minimum atomic E-state index is -0.105. The molecule has 3 N–H and O–H groups in total. The van der Waals surface area contributed by atoms with Crippen molar-refractivity contribution in [2.24, 2.45) is 5.92 Å². The van der Waals surface area contributed by atoms with Gasteiger partial charge in [-0.3, -0.25) is 0 Å². The second-order valence-electron chi connectivity index (χ2n) is 7.05. The van der Waals surface area contributed by atoms with Gasteiger partial charge in [0.15, 0.2) is 0 Å². The molecule has 1 aliphatic rings. The van der Waals surface area contributed by atoms with Crippen molar-refractivity contribution >= 4 is 17.4 Å². The van der Waals surface area contributed by atoms with E-state index in [1.165, 1.54) is 5.56 Å². The van der Waals surface area contributed by atoms with Crippen molar-refractivity contribution in [1.29, 1.82) is 0 Å². The summed E-state index contributed by atoms with van der Waals surface area (Å²) in [5, 5.41) is 19.7. The van der Waals surface area contributed by atoms with Crippen LogP contribution in [0.1, 0.15) is 37.7 Å². The average Bonchev–Trinajstić information content (AvgIpc) is 3.06. The summed E-state index contributed by atoms with van der Waals surface area (Å²) >= 11 is 1.68. The van der Waals surface area contributed by atoms with E-state index in [4.69, 9.17) is 0 Å². The van der Waals surface area contributed by atoms with Gasteiger partial charge in [-0.15, -0.1) is 0 Å². The lowest BCUT2D eigenvalue weighted by Gasteiger charge is -2.32. The lowest BCUT2D eigenvalue weighted by atomic mass is 9.83. The second kappa shape index (κ2) is 10.0. The van der Waals surface area contributed by atoms with Gasteiger partial charge in [0.2, 0.25) is 0 Å². The van der Waals surface area contributed by atoms with Crippen molar-refractivity contribution in [3.63, 3.8) is 0 Å². The van der Waals surface area contributed by atoms with Gasteiger partial charge in [-0.1, -0.05) is 0 Å². The van der Waals surface area contributed by atoms with Gasteiger partial charge in [-0.05, 0) is 80.9 Å². The molecule has 1 heterocycles. The van der Waals surface area contributed by atoms with E-state index < -0.39 is 0 Å². The summed E-state index contributed by atoms with van der Waals surface area (Å²) in [7, 11) is 4.14. The smallest absolute Gasteiger partial charge is 0.314 e. The fourth-order valence-electron chi connectivity index (χ4n) is 3.27. The number of amides is 2. The number of likely N-dealkylation sites (N-methyl/N-ethyl adjacent to an activating group) is 1. The van der Waals surface area contributed by atoms with Gasteiger partial charge >= 0.3 is 6.03 Å². The third kappa shape index (κ3) is 6.79. The van der Waals surface area contributed by atoms with Crippen molar-refractivity contribution in [2.45, 2.75) is 50.7 Å². The lowest BCUT2D eigenvalue weighted by Crippen LogP contribution is -2.45. The largest absolute Gasteiger partial charge is 0.393 e. The number of hydrogen-bond acceptors (Lipinski definition) is 4. The summed E-state index contributed by atoms with van der Waals surface area (Å²) in [6.45, 7) is 1.33. The third-order valence-electron chi connectivity index (χ3n) is 4.93. The van der Waals surface area contributed by atoms with Crippen molar-refractivity contribution < 1.29 is 9.90 Å². The monoisotopic (exact) mass is 353 g/mol. The summed E-state index contributed by atoms with van der Waals surface area (Å²) in [6.07, 6.45) is 5.87. The average molecular weight is 354 g/mol. The van der Waals surface area contributed by atoms with Crippen molar-refractivity contribution in [3.05, 3.63) is 22.4 Å². The van der Waals surface area contributed by atoms with Crippen LogP contribution < -0.4 is 10.6 Å². The predicted octanol–water partition coefficient (Wildman–Crippen LogP) is 2.46. The zero-order valence-corrected chi connectivity index (χ0v) is 15.6. The van der Waals surface area contributed by atoms with E-state index in [0.717, 1.165) is 38.5 Å². The van der Waals surface area contributed by atoms with Gasteiger partial charge in [-0.25, -0.2) is 4.79 Å². The molecule has 1 atom stereocenters. The number of aliphatic hydroxyl groups is 1. The highest BCUT2D eigenvalue weighted by Gasteiger charge is 2.23. The Balaban J connectivity index is 1.65. The molecule has 1 aromatic heterocycles. The predicted molar refractivity (Wildman–Crippen MR) is 99.5 cm³/mol. The number of nitrogens with one attached hydrogen (secondary N) is 2. The van der Waals surface area contributed by atoms with Gasteiger partial charge in [0.1, 0.15) is 0 Å². The highest BCUT2D eigenvalue weighted by Crippen LogP contribution is 2.28. The van der Waals surface area contributed by atoms with Crippen molar-refractivity contribution in [1.82, 2.24) is 15.5 Å². The normalized spacial score (nSPS) is 22.3. The summed E-state index contributed by atoms with van der Waals surface area (Å²) in [6, 6.07) is 2.34. The molecule has 2 rings (SSSR count). The van der Waals surface area contributed by atoms with Crippen LogP contribution in [-0.4, -0.2) is 55.4 Å². The molecule has 1 aromatic rings. The Kier molecular flexibility index (Phi) is 8.02. The minimum Gasteiger partial charge on any atom is -0.393 e. The Morgan fingerprint density at radius 3 is 2.71 bits per heavy atom. The van der Waals surface area contributed by atoms with Crippen LogP contribution in [0.25, 0.3) is 0 Å². The standard InChI is InChI=1S/C18H31N3O2S/c1-21(2)16(11-14-3-5-17(22)6-4-14)12-20-18(23)19-9-7-15-8-10-24-13-15/h8,10,13-14,16-17,22H,3-7,9,11-12H2,1-2H3,(H2,19,20,23)/t14?,16-,17?/m0/s1. The zero-order valence-electron chi connectivity index (χ0n) is 14.8. The molecular formula is C18H31N3O2S. The first-order valence-electron chi connectivity index (χ1n) is 8.92. The number of nitrogens with zero attached hydrogens (tertiary/aromatic N) is 1. The summed E-state index contributed by atoms with van der Waals surface area (Å²) in [5.41, 5.74) is 1.27. The van der Waals surface area contributed by atoms with E-state index in [-0.39, 0.29) is 12.1 Å². The number of aliphatic hydroxyl groups excluding tert-OH is 1. The quantitative estimate of drug-likeness (QED) is 0.673. The van der Waals surface area contributed by atoms with E-state index in [1.807, 2.05) is 0 Å². The Labute approximate surface area is 149 Å². The molecule has 24 heavy (non-hydrogen) atoms. The topological polar surface area (TPSA) is 64.6 Å². The maximum atomic E-state index is 12.0. The molecule has 0 saturated heterocycles. The SMILES string of the molecule is CN(C)[C@H](CNC(=O)NCCc1ccsc1)CC1CCC(O)CC1. The van der Waals surface area contributed by atoms with Crippen LogP contribution in [0.15, 0.2) is 16.8 Å². The molecule has 1 aliphatic carbocycles. The van der Waals surface area contributed by atoms with Crippen LogP contribution in [0.4, 0.5) is 4.79 Å². The zero-order chi connectivity index (χ0) is 17.4. The molecule has 0 aromatic carbocycles. The fraction of sp³-hybridized carbons (Fsp3) is 0.722. The fourth-order valence-corrected chi connectivity index (χ4v) is 3.97. The molecule has 1 saturated carbocycles. The maximum absolute atomic E-state index is 12.0. The first-order valence-corrected chi connectivity index (χ1v) is 9.86. The summed E-state index contributed by atoms with van der Waals surface area (Å²) in [5.74, 6) is 0.657. The molecule has 1 fully saturated rings. The number of hydrogen-bond donors (Lipinski definition) is 3. The maximum Gasteiger partial charge on any atom is 0.314 e. The summed E-state index contributed by atoms with van der Waals surface area (Å²) < 4.78 is 0. The number of carbonyl (C=O) groups is 1. The minimum absolute atomic E-state index is 0.0869. The molecule has 5 nitrogen and oxygen atoms in total. The van der Waals surface area contributed by atoms with Gasteiger partial charge in [0.25, 0.3) is 0 Å². The molecular weight excluding hydrogens is 322 g/mol. The molecule has 2 amide bonds. The number of rotatable bonds is 8. The Morgan fingerprint density at radius 2 is 2.08 bits per heavy atom. The molecule has 0 radical (unpaired) electrons. The second-order valence-corrected chi connectivity index (χ2v) is 7.83. The number of thiophene rings is 1. The number of carbonyl (C=O) groups excluding carboxylic acids is 1. The molecule has 0 spiro atoms. The van der Waals surface area contributed by atoms with Gasteiger partial charge in [0.05, 0.1) is 6.10 Å². The van der Waals surface area contributed by atoms with Crippen LogP contribution >= 0.6 is 11.3 Å². The summed E-state index contributed by atoms with van der Waals surface area (Å²) in [4.78, 5) is 14.2. The molecule has 136 valence electrons. The van der Waals surface area contributed by atoms with E-state index in [0.29, 0.717) is 25.0 Å². The van der Waals surface area contributed by atoms with E-state index in [1.54, 1.807) is 11.3 Å². The third-order valence-corrected chi connectivity index (χ3v) is 5.66. The molecule has 0 unspecified atom stereocenters. The van der Waals surface area contributed by atoms with Crippen molar-refractivity contribution in [2.75, 3.05) is 27.2 Å². The van der Waals surface area contributed by atoms with Gasteiger partial charge in [-0.2, -0.15) is 11.3 Å². The van der Waals surface area contributed by atoms with Crippen LogP contribution in [-0.2, 0) is 6.42 Å².